The second-order valence-electron chi connectivity index (χ2n) is 4.52. The molecular formula is C15H18N2O4. The predicted octanol–water partition coefficient (Wildman–Crippen LogP) is 1.26. The first-order valence-corrected chi connectivity index (χ1v) is 6.56. The summed E-state index contributed by atoms with van der Waals surface area (Å²) in [5, 5.41) is 12.0. The lowest BCUT2D eigenvalue weighted by Crippen LogP contribution is -2.17. The van der Waals surface area contributed by atoms with Gasteiger partial charge in [0.2, 0.25) is 0 Å². The fourth-order valence-corrected chi connectivity index (χ4v) is 2.00. The Bertz CT molecular complexity index is 593. The molecule has 0 saturated carbocycles. The number of aliphatic hydroxyl groups is 1. The van der Waals surface area contributed by atoms with E-state index in [9.17, 15) is 9.90 Å². The molecule has 0 saturated heterocycles. The monoisotopic (exact) mass is 290 g/mol. The number of rotatable bonds is 6. The molecule has 21 heavy (non-hydrogen) atoms. The Hall–Kier alpha value is -2.50. The maximum Gasteiger partial charge on any atom is 0.256 e. The van der Waals surface area contributed by atoms with Crippen LogP contribution in [0, 0.1) is 0 Å². The molecule has 0 radical (unpaired) electrons. The predicted molar refractivity (Wildman–Crippen MR) is 79.3 cm³/mol. The Kier molecular flexibility index (Phi) is 4.81. The first-order chi connectivity index (χ1) is 10.2. The van der Waals surface area contributed by atoms with Gasteiger partial charge in [-0.3, -0.25) is 9.79 Å². The first-order valence-electron chi connectivity index (χ1n) is 6.56. The molecule has 0 aliphatic carbocycles. The van der Waals surface area contributed by atoms with Crippen LogP contribution >= 0.6 is 0 Å². The summed E-state index contributed by atoms with van der Waals surface area (Å²) in [7, 11) is 3.18. The zero-order chi connectivity index (χ0) is 15.2. The average Bonchev–Trinajstić information content (AvgIpc) is 2.82. The van der Waals surface area contributed by atoms with Gasteiger partial charge in [-0.15, -0.1) is 0 Å². The van der Waals surface area contributed by atoms with E-state index in [1.807, 2.05) is 18.2 Å². The summed E-state index contributed by atoms with van der Waals surface area (Å²) in [4.78, 5) is 15.5. The van der Waals surface area contributed by atoms with Gasteiger partial charge in [-0.25, -0.2) is 0 Å². The smallest absolute Gasteiger partial charge is 0.256 e. The van der Waals surface area contributed by atoms with Crippen LogP contribution in [0.15, 0.2) is 34.5 Å². The van der Waals surface area contributed by atoms with Crippen LogP contribution in [0.3, 0.4) is 0 Å². The number of nitrogens with one attached hydrogen (secondary N) is 1. The number of ether oxygens (including phenoxy) is 2. The molecule has 0 bridgehead atoms. The van der Waals surface area contributed by atoms with Gasteiger partial charge in [-0.2, -0.15) is 0 Å². The van der Waals surface area contributed by atoms with Crippen LogP contribution in [-0.2, 0) is 11.2 Å². The highest BCUT2D eigenvalue weighted by molar-refractivity contribution is 6.14. The van der Waals surface area contributed by atoms with Crippen molar-refractivity contribution in [2.75, 3.05) is 27.3 Å². The summed E-state index contributed by atoms with van der Waals surface area (Å²) < 4.78 is 10.4. The average molecular weight is 290 g/mol. The van der Waals surface area contributed by atoms with Gasteiger partial charge in [-0.1, -0.05) is 6.07 Å². The molecule has 0 spiro atoms. The molecule has 112 valence electrons. The van der Waals surface area contributed by atoms with Crippen molar-refractivity contribution in [1.29, 1.82) is 0 Å². The van der Waals surface area contributed by atoms with Gasteiger partial charge in [0.15, 0.2) is 11.5 Å². The number of benzene rings is 1. The van der Waals surface area contributed by atoms with Gasteiger partial charge in [0.1, 0.15) is 5.76 Å². The van der Waals surface area contributed by atoms with Crippen molar-refractivity contribution < 1.29 is 19.4 Å². The fourth-order valence-electron chi connectivity index (χ4n) is 2.00. The van der Waals surface area contributed by atoms with Gasteiger partial charge in [0, 0.05) is 12.8 Å². The summed E-state index contributed by atoms with van der Waals surface area (Å²) in [6.07, 6.45) is 2.12. The summed E-state index contributed by atoms with van der Waals surface area (Å²) in [5.41, 5.74) is 1.29. The Labute approximate surface area is 123 Å². The Morgan fingerprint density at radius 1 is 1.33 bits per heavy atom. The van der Waals surface area contributed by atoms with E-state index in [2.05, 4.69) is 10.3 Å². The van der Waals surface area contributed by atoms with E-state index in [0.717, 1.165) is 5.56 Å². The molecule has 1 amide bonds. The van der Waals surface area contributed by atoms with Crippen molar-refractivity contribution in [3.05, 3.63) is 35.1 Å². The molecule has 1 aliphatic rings. The van der Waals surface area contributed by atoms with Crippen LogP contribution in [0.25, 0.3) is 0 Å². The lowest BCUT2D eigenvalue weighted by molar-refractivity contribution is -0.116. The second kappa shape index (κ2) is 6.78. The zero-order valence-electron chi connectivity index (χ0n) is 12.0. The van der Waals surface area contributed by atoms with Crippen LogP contribution in [0.4, 0.5) is 0 Å². The third-order valence-corrected chi connectivity index (χ3v) is 3.17. The maximum atomic E-state index is 11.4. The highest BCUT2D eigenvalue weighted by atomic mass is 16.5. The number of hydrogen-bond donors (Lipinski definition) is 2. The largest absolute Gasteiger partial charge is 0.510 e. The van der Waals surface area contributed by atoms with Crippen molar-refractivity contribution in [1.82, 2.24) is 5.32 Å². The number of aliphatic imine (C=N–C) groups is 1. The van der Waals surface area contributed by atoms with Crippen molar-refractivity contribution in [3.8, 4) is 11.5 Å². The van der Waals surface area contributed by atoms with Crippen molar-refractivity contribution in [2.24, 2.45) is 4.99 Å². The van der Waals surface area contributed by atoms with Crippen LogP contribution in [0.2, 0.25) is 0 Å². The number of hydrogen-bond acceptors (Lipinski definition) is 5. The summed E-state index contributed by atoms with van der Waals surface area (Å²) in [5.74, 6) is 1.11. The summed E-state index contributed by atoms with van der Waals surface area (Å²) in [6, 6.07) is 5.68. The third-order valence-electron chi connectivity index (χ3n) is 3.17. The van der Waals surface area contributed by atoms with E-state index in [4.69, 9.17) is 9.47 Å². The topological polar surface area (TPSA) is 80.2 Å². The quantitative estimate of drug-likeness (QED) is 0.773. The normalized spacial score (nSPS) is 14.7. The molecular weight excluding hydrogens is 272 g/mol. The summed E-state index contributed by atoms with van der Waals surface area (Å²) >= 11 is 0. The molecule has 0 unspecified atom stereocenters. The first kappa shape index (κ1) is 14.9. The second-order valence-corrected chi connectivity index (χ2v) is 4.52. The molecule has 2 rings (SSSR count). The van der Waals surface area contributed by atoms with Crippen molar-refractivity contribution >= 4 is 12.1 Å². The minimum Gasteiger partial charge on any atom is -0.510 e. The van der Waals surface area contributed by atoms with Crippen LogP contribution < -0.4 is 14.8 Å². The Balaban J connectivity index is 1.95. The number of amides is 1. The molecule has 1 aliphatic heterocycles. The highest BCUT2D eigenvalue weighted by Crippen LogP contribution is 2.27. The SMILES string of the molecule is COc1ccc(CCN=CC2=C(O)CNC2=O)cc1OC. The van der Waals surface area contributed by atoms with Crippen LogP contribution in [0.5, 0.6) is 11.5 Å². The van der Waals surface area contributed by atoms with Gasteiger partial charge in [-0.05, 0) is 24.1 Å². The number of carbonyl (C=O) groups excluding carboxylic acids is 1. The zero-order valence-corrected chi connectivity index (χ0v) is 12.0. The molecule has 6 heteroatoms. The minimum atomic E-state index is -0.289. The molecule has 6 nitrogen and oxygen atoms in total. The summed E-state index contributed by atoms with van der Waals surface area (Å²) in [6.45, 7) is 0.690. The minimum absolute atomic E-state index is 0.0369. The lowest BCUT2D eigenvalue weighted by atomic mass is 10.1. The Morgan fingerprint density at radius 2 is 2.10 bits per heavy atom. The molecule has 0 atom stereocenters. The van der Waals surface area contributed by atoms with E-state index in [1.54, 1.807) is 14.2 Å². The number of carbonyl (C=O) groups is 1. The standard InChI is InChI=1S/C15H18N2O4/c1-20-13-4-3-10(7-14(13)21-2)5-6-16-8-11-12(18)9-17-15(11)19/h3-4,7-8,18H,5-6,9H2,1-2H3,(H,17,19). The Morgan fingerprint density at radius 3 is 2.71 bits per heavy atom. The molecule has 1 heterocycles. The van der Waals surface area contributed by atoms with E-state index >= 15 is 0 Å². The molecule has 1 aromatic rings. The fraction of sp³-hybridized carbons (Fsp3) is 0.333. The van der Waals surface area contributed by atoms with E-state index in [1.165, 1.54) is 6.21 Å². The van der Waals surface area contributed by atoms with E-state index in [0.29, 0.717) is 24.5 Å². The van der Waals surface area contributed by atoms with E-state index < -0.39 is 0 Å². The van der Waals surface area contributed by atoms with Gasteiger partial charge >= 0.3 is 0 Å². The number of methoxy groups -OCH3 is 2. The van der Waals surface area contributed by atoms with Gasteiger partial charge in [0.05, 0.1) is 26.3 Å². The molecule has 0 fully saturated rings. The van der Waals surface area contributed by atoms with Gasteiger partial charge < -0.3 is 19.9 Å². The molecule has 1 aromatic carbocycles. The van der Waals surface area contributed by atoms with Crippen molar-refractivity contribution in [3.63, 3.8) is 0 Å². The molecule has 0 aromatic heterocycles. The van der Waals surface area contributed by atoms with Crippen LogP contribution in [-0.4, -0.2) is 44.5 Å². The number of nitrogens with zero attached hydrogens (tertiary/aromatic N) is 1. The lowest BCUT2D eigenvalue weighted by Gasteiger charge is -2.08. The van der Waals surface area contributed by atoms with Crippen molar-refractivity contribution in [2.45, 2.75) is 6.42 Å². The molecule has 2 N–H and O–H groups in total. The highest BCUT2D eigenvalue weighted by Gasteiger charge is 2.19. The van der Waals surface area contributed by atoms with Crippen LogP contribution in [0.1, 0.15) is 5.56 Å². The van der Waals surface area contributed by atoms with Gasteiger partial charge in [0.25, 0.3) is 5.91 Å². The third kappa shape index (κ3) is 3.53. The number of aliphatic hydroxyl groups excluding tert-OH is 1. The maximum absolute atomic E-state index is 11.4. The van der Waals surface area contributed by atoms with E-state index in [-0.39, 0.29) is 23.8 Å².